The highest BCUT2D eigenvalue weighted by molar-refractivity contribution is 5.28. The Hall–Kier alpha value is -1.09. The van der Waals surface area contributed by atoms with Crippen LogP contribution in [0.1, 0.15) is 12.8 Å². The van der Waals surface area contributed by atoms with Crippen LogP contribution < -0.4 is 5.73 Å². The van der Waals surface area contributed by atoms with Gasteiger partial charge in [-0.05, 0) is 6.72 Å². The highest BCUT2D eigenvalue weighted by Crippen LogP contribution is 2.07. The van der Waals surface area contributed by atoms with Crippen LogP contribution in [0.5, 0.6) is 0 Å². The van der Waals surface area contributed by atoms with E-state index in [0.29, 0.717) is 18.5 Å². The molecule has 0 aliphatic carbocycles. The molecule has 62 valence electrons. The molecule has 0 aromatic rings. The van der Waals surface area contributed by atoms with Crippen LogP contribution in [0.15, 0.2) is 29.6 Å². The molecule has 1 unspecified atom stereocenters. The van der Waals surface area contributed by atoms with Gasteiger partial charge in [-0.3, -0.25) is 4.99 Å². The van der Waals surface area contributed by atoms with Crippen LogP contribution in [0, 0.1) is 0 Å². The van der Waals surface area contributed by atoms with Crippen molar-refractivity contribution in [3.8, 4) is 0 Å². The van der Waals surface area contributed by atoms with Gasteiger partial charge in [0.1, 0.15) is 0 Å². The number of hydrogen-bond acceptors (Lipinski definition) is 3. The fraction of sp³-hybridized carbons (Fsp3) is 0.375. The number of nitrogens with two attached hydrogens (primary N) is 1. The Morgan fingerprint density at radius 3 is 2.36 bits per heavy atom. The zero-order chi connectivity index (χ0) is 8.85. The summed E-state index contributed by atoms with van der Waals surface area (Å²) in [4.78, 5) is 3.60. The van der Waals surface area contributed by atoms with E-state index in [9.17, 15) is 0 Å². The molecule has 0 saturated carbocycles. The molecule has 3 nitrogen and oxygen atoms in total. The van der Waals surface area contributed by atoms with Crippen LogP contribution in [0.3, 0.4) is 0 Å². The molecular formula is C8H14N2O. The summed E-state index contributed by atoms with van der Waals surface area (Å²) in [5.41, 5.74) is 6.22. The fourth-order valence-electron chi connectivity index (χ4n) is 0.742. The maximum Gasteiger partial charge on any atom is 0.0866 e. The second kappa shape index (κ2) is 4.68. The third-order valence-corrected chi connectivity index (χ3v) is 1.22. The van der Waals surface area contributed by atoms with Crippen molar-refractivity contribution in [2.45, 2.75) is 18.9 Å². The minimum atomic E-state index is -0.162. The molecule has 0 heterocycles. The van der Waals surface area contributed by atoms with E-state index in [1.807, 2.05) is 0 Å². The summed E-state index contributed by atoms with van der Waals surface area (Å²) in [5.74, 6) is 0.0920. The van der Waals surface area contributed by atoms with Gasteiger partial charge in [-0.15, -0.1) is 0 Å². The molecule has 0 radical (unpaired) electrons. The predicted octanol–water partition coefficient (Wildman–Crippen LogP) is 1.38. The number of hydrogen-bond donors (Lipinski definition) is 2. The van der Waals surface area contributed by atoms with E-state index in [0.717, 1.165) is 0 Å². The van der Waals surface area contributed by atoms with Gasteiger partial charge in [0.05, 0.1) is 5.76 Å². The summed E-state index contributed by atoms with van der Waals surface area (Å²) in [6.07, 6.45) is 0.928. The highest BCUT2D eigenvalue weighted by Gasteiger charge is 2.04. The molecule has 0 saturated heterocycles. The van der Waals surface area contributed by atoms with E-state index >= 15 is 0 Å². The Kier molecular flexibility index (Phi) is 4.22. The molecule has 0 amide bonds. The molecule has 0 fully saturated rings. The first kappa shape index (κ1) is 9.91. The number of rotatable bonds is 5. The molecule has 0 bridgehead atoms. The number of aliphatic imine (C=N–C) groups is 1. The van der Waals surface area contributed by atoms with Gasteiger partial charge in [0.15, 0.2) is 0 Å². The van der Waals surface area contributed by atoms with Crippen molar-refractivity contribution in [1.29, 1.82) is 0 Å². The van der Waals surface area contributed by atoms with E-state index in [-0.39, 0.29) is 11.8 Å². The lowest BCUT2D eigenvalue weighted by Gasteiger charge is -2.08. The maximum absolute atomic E-state index is 8.76. The van der Waals surface area contributed by atoms with E-state index in [4.69, 9.17) is 10.8 Å². The summed E-state index contributed by atoms with van der Waals surface area (Å²) in [5, 5.41) is 8.76. The van der Waals surface area contributed by atoms with Crippen LogP contribution in [0.2, 0.25) is 0 Å². The van der Waals surface area contributed by atoms with Gasteiger partial charge >= 0.3 is 0 Å². The molecule has 0 spiro atoms. The van der Waals surface area contributed by atoms with E-state index < -0.39 is 0 Å². The van der Waals surface area contributed by atoms with Crippen molar-refractivity contribution >= 4 is 6.72 Å². The molecule has 0 aromatic carbocycles. The minimum Gasteiger partial charge on any atom is -0.513 e. The molecule has 0 aromatic heterocycles. The number of aliphatic hydroxyl groups is 1. The van der Waals surface area contributed by atoms with Crippen LogP contribution >= 0.6 is 0 Å². The quantitative estimate of drug-likeness (QED) is 0.464. The molecule has 3 N–H and O–H groups in total. The Bertz CT molecular complexity index is 175. The van der Waals surface area contributed by atoms with E-state index in [1.54, 1.807) is 0 Å². The first-order chi connectivity index (χ1) is 5.06. The Balaban J connectivity index is 3.68. The molecule has 1 atom stereocenters. The molecular weight excluding hydrogens is 140 g/mol. The normalized spacial score (nSPS) is 12.1. The van der Waals surface area contributed by atoms with Crippen LogP contribution in [-0.2, 0) is 0 Å². The first-order valence-corrected chi connectivity index (χ1v) is 3.33. The van der Waals surface area contributed by atoms with Crippen molar-refractivity contribution in [2.24, 2.45) is 10.7 Å². The first-order valence-electron chi connectivity index (χ1n) is 3.33. The average molecular weight is 154 g/mol. The van der Waals surface area contributed by atoms with Crippen LogP contribution in [0.25, 0.3) is 0 Å². The van der Waals surface area contributed by atoms with Gasteiger partial charge in [-0.1, -0.05) is 13.2 Å². The standard InChI is InChI=1S/C8H14N2O/c1-6(10-3)4-8(9)5-7(2)11/h8,11H,1-5,9H2. The summed E-state index contributed by atoms with van der Waals surface area (Å²) in [6.45, 7) is 10.2. The molecule has 0 aliphatic heterocycles. The SMILES string of the molecule is C=NC(=C)CC(N)CC(=C)O. The number of nitrogens with zero attached hydrogens (tertiary/aromatic N) is 1. The number of aliphatic hydroxyl groups excluding tert-OH is 1. The van der Waals surface area contributed by atoms with Crippen molar-refractivity contribution in [3.05, 3.63) is 24.6 Å². The lowest BCUT2D eigenvalue weighted by Crippen LogP contribution is -2.20. The Morgan fingerprint density at radius 1 is 1.45 bits per heavy atom. The smallest absolute Gasteiger partial charge is 0.0866 e. The minimum absolute atomic E-state index is 0.0920. The average Bonchev–Trinajstić information content (AvgIpc) is 1.85. The molecule has 3 heteroatoms. The summed E-state index contributed by atoms with van der Waals surface area (Å²) < 4.78 is 0. The second-order valence-electron chi connectivity index (χ2n) is 2.46. The van der Waals surface area contributed by atoms with Gasteiger partial charge in [-0.25, -0.2) is 0 Å². The van der Waals surface area contributed by atoms with Crippen molar-refractivity contribution < 1.29 is 5.11 Å². The van der Waals surface area contributed by atoms with E-state index in [1.165, 1.54) is 0 Å². The van der Waals surface area contributed by atoms with Crippen LogP contribution in [0.4, 0.5) is 0 Å². The lowest BCUT2D eigenvalue weighted by atomic mass is 10.1. The van der Waals surface area contributed by atoms with Gasteiger partial charge in [0.2, 0.25) is 0 Å². The van der Waals surface area contributed by atoms with Gasteiger partial charge in [-0.2, -0.15) is 0 Å². The van der Waals surface area contributed by atoms with Crippen molar-refractivity contribution in [3.63, 3.8) is 0 Å². The molecule has 0 rings (SSSR count). The van der Waals surface area contributed by atoms with Gasteiger partial charge in [0, 0.05) is 24.6 Å². The monoisotopic (exact) mass is 154 g/mol. The highest BCUT2D eigenvalue weighted by atomic mass is 16.3. The largest absolute Gasteiger partial charge is 0.513 e. The van der Waals surface area contributed by atoms with Gasteiger partial charge < -0.3 is 10.8 Å². The lowest BCUT2D eigenvalue weighted by molar-refractivity contribution is 0.375. The zero-order valence-corrected chi connectivity index (χ0v) is 6.58. The third-order valence-electron chi connectivity index (χ3n) is 1.22. The second-order valence-corrected chi connectivity index (χ2v) is 2.46. The summed E-state index contributed by atoms with van der Waals surface area (Å²) >= 11 is 0. The van der Waals surface area contributed by atoms with Gasteiger partial charge in [0.25, 0.3) is 0 Å². The summed E-state index contributed by atoms with van der Waals surface area (Å²) in [6, 6.07) is -0.162. The summed E-state index contributed by atoms with van der Waals surface area (Å²) in [7, 11) is 0. The molecule has 0 aliphatic rings. The van der Waals surface area contributed by atoms with Crippen molar-refractivity contribution in [2.75, 3.05) is 0 Å². The third kappa shape index (κ3) is 5.36. The van der Waals surface area contributed by atoms with Crippen molar-refractivity contribution in [1.82, 2.24) is 0 Å². The Morgan fingerprint density at radius 2 is 2.00 bits per heavy atom. The van der Waals surface area contributed by atoms with Crippen LogP contribution in [-0.4, -0.2) is 17.9 Å². The Labute approximate surface area is 66.9 Å². The van der Waals surface area contributed by atoms with E-state index in [2.05, 4.69) is 24.9 Å². The maximum atomic E-state index is 8.76. The topological polar surface area (TPSA) is 58.6 Å². The molecule has 11 heavy (non-hydrogen) atoms. The fourth-order valence-corrected chi connectivity index (χ4v) is 0.742. The predicted molar refractivity (Wildman–Crippen MR) is 47.7 cm³/mol. The zero-order valence-electron chi connectivity index (χ0n) is 6.58.